The molecule has 0 radical (unpaired) electrons. The molecule has 2 aromatic heterocycles. The quantitative estimate of drug-likeness (QED) is 0.501. The molecule has 0 aliphatic heterocycles. The van der Waals surface area contributed by atoms with Crippen molar-refractivity contribution in [1.29, 1.82) is 0 Å². The fraction of sp³-hybridized carbons (Fsp3) is 0.412. The highest BCUT2D eigenvalue weighted by atomic mass is 35.5. The molecule has 6 nitrogen and oxygen atoms in total. The van der Waals surface area contributed by atoms with E-state index in [9.17, 15) is 14.0 Å². The lowest BCUT2D eigenvalue weighted by atomic mass is 9.91. The van der Waals surface area contributed by atoms with Crippen LogP contribution < -0.4 is 11.2 Å². The van der Waals surface area contributed by atoms with E-state index in [1.54, 1.807) is 0 Å². The predicted octanol–water partition coefficient (Wildman–Crippen LogP) is 3.11. The first kappa shape index (κ1) is 19.1. The van der Waals surface area contributed by atoms with Gasteiger partial charge in [0.1, 0.15) is 0 Å². The van der Waals surface area contributed by atoms with Gasteiger partial charge in [0.15, 0.2) is 16.6 Å². The van der Waals surface area contributed by atoms with E-state index in [-0.39, 0.29) is 23.0 Å². The summed E-state index contributed by atoms with van der Waals surface area (Å²) < 4.78 is 15.1. The number of nitrogens with one attached hydrogen (secondary N) is 1. The Balaban J connectivity index is 2.97. The minimum Gasteiger partial charge on any atom is -0.295 e. The van der Waals surface area contributed by atoms with Crippen LogP contribution in [0.5, 0.6) is 0 Å². The number of pyridine rings is 1. The number of rotatable bonds is 5. The zero-order chi connectivity index (χ0) is 18.9. The summed E-state index contributed by atoms with van der Waals surface area (Å²) in [4.78, 5) is 35.0. The summed E-state index contributed by atoms with van der Waals surface area (Å²) in [5, 5.41) is -0.460. The number of nitrogens with zero attached hydrogens (tertiary/aromatic N) is 3. The zero-order valence-electron chi connectivity index (χ0n) is 14.5. The fourth-order valence-electron chi connectivity index (χ4n) is 2.86. The third-order valence-electron chi connectivity index (χ3n) is 4.24. The third kappa shape index (κ3) is 3.42. The minimum absolute atomic E-state index is 0.0145. The topological polar surface area (TPSA) is 80.1 Å². The Bertz CT molecular complexity index is 961. The number of hydrogen-bond acceptors (Lipinski definition) is 4. The molecule has 0 bridgehead atoms. The van der Waals surface area contributed by atoms with Crippen molar-refractivity contribution in [2.75, 3.05) is 0 Å². The van der Waals surface area contributed by atoms with Crippen molar-refractivity contribution in [2.24, 2.45) is 10.9 Å². The molecule has 0 spiro atoms. The van der Waals surface area contributed by atoms with Gasteiger partial charge < -0.3 is 0 Å². The maximum atomic E-state index is 13.8. The van der Waals surface area contributed by atoms with Crippen LogP contribution in [-0.2, 0) is 0 Å². The van der Waals surface area contributed by atoms with Crippen LogP contribution in [0.4, 0.5) is 4.39 Å². The molecule has 0 amide bonds. The van der Waals surface area contributed by atoms with E-state index in [4.69, 9.17) is 11.6 Å². The molecule has 2 rings (SSSR count). The highest BCUT2D eigenvalue weighted by Crippen LogP contribution is 2.29. The van der Waals surface area contributed by atoms with Crippen molar-refractivity contribution in [3.63, 3.8) is 0 Å². The summed E-state index contributed by atoms with van der Waals surface area (Å²) in [6.45, 7) is 11.2. The van der Waals surface area contributed by atoms with E-state index in [2.05, 4.69) is 21.7 Å². The third-order valence-corrected chi connectivity index (χ3v) is 4.51. The molecule has 0 aliphatic rings. The molecule has 0 aromatic carbocycles. The van der Waals surface area contributed by atoms with E-state index >= 15 is 0 Å². The Labute approximate surface area is 149 Å². The van der Waals surface area contributed by atoms with Crippen LogP contribution in [0.15, 0.2) is 32.3 Å². The van der Waals surface area contributed by atoms with Crippen LogP contribution in [0.3, 0.4) is 0 Å². The van der Waals surface area contributed by atoms with Crippen LogP contribution in [-0.4, -0.2) is 27.3 Å². The molecule has 134 valence electrons. The highest BCUT2D eigenvalue weighted by molar-refractivity contribution is 6.29. The zero-order valence-corrected chi connectivity index (χ0v) is 15.3. The molecule has 0 saturated heterocycles. The molecule has 2 aromatic rings. The van der Waals surface area contributed by atoms with Crippen LogP contribution in [0.2, 0.25) is 5.15 Å². The lowest BCUT2D eigenvalue weighted by molar-refractivity contribution is 0.373. The standard InChI is InChI=1S/C17H20ClFN4O2/c1-6-9(4)13(12(20-5)8(2)3)23-15-10(16(24)22-17(23)25)7-11(19)14(18)21-15/h6-8,12-13H,5H2,1-4H3,(H,22,24,25)/b9-6-/t12-,13?/m0/s1. The van der Waals surface area contributed by atoms with Crippen molar-refractivity contribution in [3.05, 3.63) is 49.5 Å². The maximum absolute atomic E-state index is 13.8. The van der Waals surface area contributed by atoms with Crippen LogP contribution in [0, 0.1) is 11.7 Å². The number of aromatic nitrogens is 3. The molecule has 25 heavy (non-hydrogen) atoms. The Morgan fingerprint density at radius 1 is 1.48 bits per heavy atom. The molecule has 8 heteroatoms. The van der Waals surface area contributed by atoms with Crippen molar-refractivity contribution in [3.8, 4) is 0 Å². The van der Waals surface area contributed by atoms with Gasteiger partial charge in [-0.3, -0.25) is 19.3 Å². The van der Waals surface area contributed by atoms with Gasteiger partial charge in [0, 0.05) is 0 Å². The summed E-state index contributed by atoms with van der Waals surface area (Å²) in [7, 11) is 0. The van der Waals surface area contributed by atoms with Crippen molar-refractivity contribution < 1.29 is 4.39 Å². The van der Waals surface area contributed by atoms with Gasteiger partial charge in [-0.25, -0.2) is 14.2 Å². The molecular formula is C17H20ClFN4O2. The Morgan fingerprint density at radius 3 is 2.64 bits per heavy atom. The second-order valence-electron chi connectivity index (χ2n) is 6.16. The molecule has 1 N–H and O–H groups in total. The minimum atomic E-state index is -0.827. The van der Waals surface area contributed by atoms with E-state index in [1.165, 1.54) is 4.57 Å². The van der Waals surface area contributed by atoms with Gasteiger partial charge in [-0.05, 0) is 32.5 Å². The van der Waals surface area contributed by atoms with Gasteiger partial charge in [-0.2, -0.15) is 0 Å². The number of aliphatic imine (C=N–C) groups is 1. The summed E-state index contributed by atoms with van der Waals surface area (Å²) >= 11 is 5.79. The van der Waals surface area contributed by atoms with E-state index in [0.717, 1.165) is 11.6 Å². The van der Waals surface area contributed by atoms with Gasteiger partial charge in [0.25, 0.3) is 5.56 Å². The molecule has 1 unspecified atom stereocenters. The summed E-state index contributed by atoms with van der Waals surface area (Å²) in [6, 6.07) is 0.0877. The Kier molecular flexibility index (Phi) is 5.57. The summed E-state index contributed by atoms with van der Waals surface area (Å²) in [6.07, 6.45) is 1.85. The highest BCUT2D eigenvalue weighted by Gasteiger charge is 2.29. The first-order valence-electron chi connectivity index (χ1n) is 7.82. The number of halogens is 2. The Hall–Kier alpha value is -2.28. The van der Waals surface area contributed by atoms with Crippen molar-refractivity contribution in [2.45, 2.75) is 39.8 Å². The van der Waals surface area contributed by atoms with E-state index < -0.39 is 28.3 Å². The molecule has 0 saturated carbocycles. The summed E-state index contributed by atoms with van der Waals surface area (Å²) in [5.41, 5.74) is -0.526. The van der Waals surface area contributed by atoms with Crippen LogP contribution >= 0.6 is 11.6 Å². The first-order valence-corrected chi connectivity index (χ1v) is 8.19. The lowest BCUT2D eigenvalue weighted by Gasteiger charge is -2.29. The lowest BCUT2D eigenvalue weighted by Crippen LogP contribution is -2.39. The van der Waals surface area contributed by atoms with Gasteiger partial charge in [-0.15, -0.1) is 0 Å². The van der Waals surface area contributed by atoms with Crippen LogP contribution in [0.25, 0.3) is 11.0 Å². The molecule has 2 atom stereocenters. The predicted molar refractivity (Wildman–Crippen MR) is 98.2 cm³/mol. The van der Waals surface area contributed by atoms with E-state index in [0.29, 0.717) is 0 Å². The smallest absolute Gasteiger partial charge is 0.295 e. The second kappa shape index (κ2) is 7.31. The number of aromatic amines is 1. The molecular weight excluding hydrogens is 347 g/mol. The normalized spacial score (nSPS) is 14.8. The number of hydrogen-bond donors (Lipinski definition) is 1. The second-order valence-corrected chi connectivity index (χ2v) is 6.51. The SMILES string of the molecule is C=N[C@@H](C(C)C)C(/C(C)=C\C)n1c(=O)[nH]c(=O)c2cc(F)c(Cl)nc21. The molecule has 2 heterocycles. The molecule has 0 fully saturated rings. The van der Waals surface area contributed by atoms with Gasteiger partial charge in [0.2, 0.25) is 0 Å². The van der Waals surface area contributed by atoms with E-state index in [1.807, 2.05) is 33.8 Å². The number of fused-ring (bicyclic) bond motifs is 1. The Morgan fingerprint density at radius 2 is 2.12 bits per heavy atom. The van der Waals surface area contributed by atoms with Crippen molar-refractivity contribution >= 4 is 29.4 Å². The largest absolute Gasteiger partial charge is 0.330 e. The van der Waals surface area contributed by atoms with Gasteiger partial charge in [-0.1, -0.05) is 37.1 Å². The summed E-state index contributed by atoms with van der Waals surface area (Å²) in [5.74, 6) is -0.770. The van der Waals surface area contributed by atoms with Crippen molar-refractivity contribution in [1.82, 2.24) is 14.5 Å². The number of H-pyrrole nitrogens is 1. The monoisotopic (exact) mass is 366 g/mol. The first-order chi connectivity index (χ1) is 11.7. The fourth-order valence-corrected chi connectivity index (χ4v) is 2.99. The average Bonchev–Trinajstić information content (AvgIpc) is 2.55. The van der Waals surface area contributed by atoms with Crippen LogP contribution in [0.1, 0.15) is 33.7 Å². The van der Waals surface area contributed by atoms with Gasteiger partial charge >= 0.3 is 5.69 Å². The molecule has 0 aliphatic carbocycles. The maximum Gasteiger partial charge on any atom is 0.330 e. The number of allylic oxidation sites excluding steroid dienone is 1. The average molecular weight is 367 g/mol. The van der Waals surface area contributed by atoms with Gasteiger partial charge in [0.05, 0.1) is 17.5 Å².